The van der Waals surface area contributed by atoms with Crippen molar-refractivity contribution in [1.29, 1.82) is 0 Å². The number of rotatable bonds is 7. The van der Waals surface area contributed by atoms with Crippen molar-refractivity contribution in [1.82, 2.24) is 15.1 Å². The van der Waals surface area contributed by atoms with Crippen LogP contribution in [0, 0.1) is 0 Å². The number of amides is 1. The van der Waals surface area contributed by atoms with E-state index in [2.05, 4.69) is 27.7 Å². The van der Waals surface area contributed by atoms with E-state index in [4.69, 9.17) is 0 Å². The molecule has 6 nitrogen and oxygen atoms in total. The van der Waals surface area contributed by atoms with Crippen molar-refractivity contribution in [3.05, 3.63) is 58.3 Å². The van der Waals surface area contributed by atoms with E-state index in [0.717, 1.165) is 18.7 Å². The zero-order chi connectivity index (χ0) is 21.0. The molecule has 0 aliphatic carbocycles. The van der Waals surface area contributed by atoms with Gasteiger partial charge in [0.1, 0.15) is 6.04 Å². The van der Waals surface area contributed by atoms with E-state index in [1.165, 1.54) is 17.7 Å². The number of benzene rings is 1. The molecule has 3 heterocycles. The van der Waals surface area contributed by atoms with Crippen LogP contribution in [0.15, 0.2) is 47.8 Å². The van der Waals surface area contributed by atoms with Crippen molar-refractivity contribution in [3.63, 3.8) is 0 Å². The van der Waals surface area contributed by atoms with Gasteiger partial charge in [-0.1, -0.05) is 36.4 Å². The molecule has 30 heavy (non-hydrogen) atoms. The van der Waals surface area contributed by atoms with Gasteiger partial charge < -0.3 is 5.32 Å². The molecule has 0 bridgehead atoms. The van der Waals surface area contributed by atoms with Gasteiger partial charge >= 0.3 is 0 Å². The minimum absolute atomic E-state index is 0.0544. The third-order valence-corrected chi connectivity index (χ3v) is 8.61. The second kappa shape index (κ2) is 9.60. The monoisotopic (exact) mass is 447 g/mol. The maximum atomic E-state index is 13.4. The molecular weight excluding hydrogens is 418 g/mol. The highest BCUT2D eigenvalue weighted by molar-refractivity contribution is 7.91. The highest BCUT2D eigenvalue weighted by Crippen LogP contribution is 2.29. The summed E-state index contributed by atoms with van der Waals surface area (Å²) in [7, 11) is -3.00. The van der Waals surface area contributed by atoms with Crippen LogP contribution in [0.1, 0.15) is 35.4 Å². The Balaban J connectivity index is 1.50. The van der Waals surface area contributed by atoms with E-state index in [1.54, 1.807) is 11.3 Å². The summed E-state index contributed by atoms with van der Waals surface area (Å²) in [5.74, 6) is 0.158. The number of sulfone groups is 1. The summed E-state index contributed by atoms with van der Waals surface area (Å²) in [6.45, 7) is 3.45. The number of nitrogens with one attached hydrogen (secondary N) is 1. The molecule has 0 spiro atoms. The van der Waals surface area contributed by atoms with Gasteiger partial charge in [-0.3, -0.25) is 14.6 Å². The molecule has 4 rings (SSSR count). The first-order valence-electron chi connectivity index (χ1n) is 10.6. The molecule has 2 aromatic rings. The minimum Gasteiger partial charge on any atom is -0.352 e. The Hall–Kier alpha value is -1.74. The molecule has 1 amide bonds. The molecule has 2 aliphatic rings. The van der Waals surface area contributed by atoms with Crippen LogP contribution in [0.4, 0.5) is 0 Å². The van der Waals surface area contributed by atoms with Crippen molar-refractivity contribution >= 4 is 27.1 Å². The van der Waals surface area contributed by atoms with Crippen LogP contribution in [-0.4, -0.2) is 68.4 Å². The number of thiophene rings is 1. The van der Waals surface area contributed by atoms with Gasteiger partial charge in [-0.25, -0.2) is 8.42 Å². The lowest BCUT2D eigenvalue weighted by Crippen LogP contribution is -2.48. The quantitative estimate of drug-likeness (QED) is 0.706. The van der Waals surface area contributed by atoms with Gasteiger partial charge in [0.05, 0.1) is 17.5 Å². The summed E-state index contributed by atoms with van der Waals surface area (Å²) in [5, 5.41) is 5.28. The molecule has 1 N–H and O–H groups in total. The lowest BCUT2D eigenvalue weighted by atomic mass is 10.0. The molecular formula is C22H29N3O3S2. The third-order valence-electron chi connectivity index (χ3n) is 6.03. The van der Waals surface area contributed by atoms with Gasteiger partial charge in [0.15, 0.2) is 9.84 Å². The van der Waals surface area contributed by atoms with E-state index < -0.39 is 15.9 Å². The largest absolute Gasteiger partial charge is 0.352 e. The summed E-state index contributed by atoms with van der Waals surface area (Å²) in [6.07, 6.45) is 2.40. The molecule has 0 radical (unpaired) electrons. The van der Waals surface area contributed by atoms with Crippen LogP contribution in [0.3, 0.4) is 0 Å². The molecule has 2 fully saturated rings. The summed E-state index contributed by atoms with van der Waals surface area (Å²) in [5.41, 5.74) is 0.906. The van der Waals surface area contributed by atoms with Crippen LogP contribution in [-0.2, 0) is 14.6 Å². The van der Waals surface area contributed by atoms with Crippen LogP contribution in [0.25, 0.3) is 0 Å². The van der Waals surface area contributed by atoms with Crippen LogP contribution >= 0.6 is 11.3 Å². The fraction of sp³-hybridized carbons (Fsp3) is 0.500. The Morgan fingerprint density at radius 3 is 2.30 bits per heavy atom. The predicted molar refractivity (Wildman–Crippen MR) is 120 cm³/mol. The van der Waals surface area contributed by atoms with Crippen molar-refractivity contribution in [3.8, 4) is 0 Å². The van der Waals surface area contributed by atoms with Crippen molar-refractivity contribution in [2.75, 3.05) is 44.2 Å². The second-order valence-corrected chi connectivity index (χ2v) is 11.3. The number of carbonyl (C=O) groups is 1. The van der Waals surface area contributed by atoms with Gasteiger partial charge in [-0.2, -0.15) is 0 Å². The fourth-order valence-corrected chi connectivity index (χ4v) is 6.48. The molecule has 2 unspecified atom stereocenters. The van der Waals surface area contributed by atoms with E-state index in [1.807, 2.05) is 35.2 Å². The first-order valence-corrected chi connectivity index (χ1v) is 13.3. The predicted octanol–water partition coefficient (Wildman–Crippen LogP) is 2.47. The lowest BCUT2D eigenvalue weighted by Gasteiger charge is -2.34. The summed E-state index contributed by atoms with van der Waals surface area (Å²) in [4.78, 5) is 19.1. The second-order valence-electron chi connectivity index (χ2n) is 8.02. The number of likely N-dealkylation sites (tertiary alicyclic amines) is 1. The highest BCUT2D eigenvalue weighted by atomic mass is 32.2. The summed E-state index contributed by atoms with van der Waals surface area (Å²) >= 11 is 1.73. The van der Waals surface area contributed by atoms with Gasteiger partial charge in [0.25, 0.3) is 0 Å². The highest BCUT2D eigenvalue weighted by Gasteiger charge is 2.33. The maximum absolute atomic E-state index is 13.4. The zero-order valence-corrected chi connectivity index (χ0v) is 18.7. The average molecular weight is 448 g/mol. The number of hydrogen-bond acceptors (Lipinski definition) is 6. The van der Waals surface area contributed by atoms with E-state index in [9.17, 15) is 13.2 Å². The Morgan fingerprint density at radius 1 is 0.967 bits per heavy atom. The first-order chi connectivity index (χ1) is 14.5. The number of carbonyl (C=O) groups excluding carboxylic acids is 1. The molecule has 2 atom stereocenters. The minimum atomic E-state index is -3.00. The number of nitrogens with zero attached hydrogens (tertiary/aromatic N) is 2. The molecule has 162 valence electrons. The Morgan fingerprint density at radius 2 is 1.67 bits per heavy atom. The van der Waals surface area contributed by atoms with Crippen LogP contribution < -0.4 is 5.32 Å². The Labute approximate surface area is 182 Å². The molecule has 0 saturated carbocycles. The van der Waals surface area contributed by atoms with E-state index >= 15 is 0 Å². The molecule has 1 aromatic carbocycles. The topological polar surface area (TPSA) is 69.7 Å². The van der Waals surface area contributed by atoms with Crippen LogP contribution in [0.2, 0.25) is 0 Å². The van der Waals surface area contributed by atoms with E-state index in [-0.39, 0.29) is 23.5 Å². The maximum Gasteiger partial charge on any atom is 0.242 e. The third kappa shape index (κ3) is 5.11. The van der Waals surface area contributed by atoms with Gasteiger partial charge in [0.2, 0.25) is 5.91 Å². The normalized spacial score (nSPS) is 21.9. The van der Waals surface area contributed by atoms with Crippen molar-refractivity contribution < 1.29 is 13.2 Å². The van der Waals surface area contributed by atoms with E-state index in [0.29, 0.717) is 19.6 Å². The zero-order valence-electron chi connectivity index (χ0n) is 17.1. The molecule has 1 aromatic heterocycles. The summed E-state index contributed by atoms with van der Waals surface area (Å²) < 4.78 is 23.8. The standard InChI is InChI=1S/C22H29N3O3S2/c26-22(23-17-19(20-9-6-14-29-20)24-10-4-5-11-24)21(18-7-2-1-3-8-18)25-12-15-30(27,28)16-13-25/h1-3,6-9,14,19,21H,4-5,10-13,15-17H2,(H,23,26). The molecule has 2 aliphatic heterocycles. The lowest BCUT2D eigenvalue weighted by molar-refractivity contribution is -0.126. The van der Waals surface area contributed by atoms with Crippen molar-refractivity contribution in [2.24, 2.45) is 0 Å². The van der Waals surface area contributed by atoms with Gasteiger partial charge in [-0.15, -0.1) is 11.3 Å². The Kier molecular flexibility index (Phi) is 6.87. The SMILES string of the molecule is O=C(NCC(c1cccs1)N1CCCC1)C(c1ccccc1)N1CCS(=O)(=O)CC1. The Bertz CT molecular complexity index is 912. The average Bonchev–Trinajstić information content (AvgIpc) is 3.45. The molecule has 8 heteroatoms. The fourth-order valence-electron chi connectivity index (χ4n) is 4.39. The van der Waals surface area contributed by atoms with Gasteiger partial charge in [0, 0.05) is 24.5 Å². The van der Waals surface area contributed by atoms with Crippen LogP contribution in [0.5, 0.6) is 0 Å². The smallest absolute Gasteiger partial charge is 0.242 e. The molecule has 2 saturated heterocycles. The van der Waals surface area contributed by atoms with Gasteiger partial charge in [-0.05, 0) is 42.9 Å². The van der Waals surface area contributed by atoms with Crippen molar-refractivity contribution in [2.45, 2.75) is 24.9 Å². The number of hydrogen-bond donors (Lipinski definition) is 1. The first kappa shape index (κ1) is 21.5. The summed E-state index contributed by atoms with van der Waals surface area (Å²) in [6, 6.07) is 13.6.